The van der Waals surface area contributed by atoms with E-state index in [4.69, 9.17) is 5.26 Å². The second kappa shape index (κ2) is 5.57. The van der Waals surface area contributed by atoms with E-state index in [-0.39, 0.29) is 10.3 Å². The maximum absolute atomic E-state index is 12.9. The molecule has 24 heavy (non-hydrogen) atoms. The van der Waals surface area contributed by atoms with Crippen LogP contribution >= 0.6 is 0 Å². The minimum absolute atomic E-state index is 0.184. The highest BCUT2D eigenvalue weighted by Gasteiger charge is 2.51. The smallest absolute Gasteiger partial charge is 0.207 e. The molecule has 0 atom stereocenters. The van der Waals surface area contributed by atoms with Crippen molar-refractivity contribution in [1.82, 2.24) is 4.31 Å². The standard InChI is InChI=1S/C19H24N2O2S/c1-21(24(22,23)18-4-2-3-14(8-18)12-20)13-19-9-15-5-16(10-19)7-17(6-15)11-19/h2-4,8,15-17H,5-7,9-11,13H2,1H3. The van der Waals surface area contributed by atoms with Crippen molar-refractivity contribution in [3.63, 3.8) is 0 Å². The minimum Gasteiger partial charge on any atom is -0.207 e. The molecule has 4 saturated carbocycles. The molecule has 0 unspecified atom stereocenters. The molecule has 4 bridgehead atoms. The van der Waals surface area contributed by atoms with E-state index in [0.717, 1.165) is 17.8 Å². The fraction of sp³-hybridized carbons (Fsp3) is 0.632. The van der Waals surface area contributed by atoms with Gasteiger partial charge in [-0.05, 0) is 79.9 Å². The lowest BCUT2D eigenvalue weighted by Gasteiger charge is -2.57. The lowest BCUT2D eigenvalue weighted by Crippen LogP contribution is -2.51. The van der Waals surface area contributed by atoms with Gasteiger partial charge in [-0.2, -0.15) is 5.26 Å². The van der Waals surface area contributed by atoms with Gasteiger partial charge in [-0.25, -0.2) is 12.7 Å². The Labute approximate surface area is 144 Å². The van der Waals surface area contributed by atoms with Crippen LogP contribution in [0.15, 0.2) is 29.2 Å². The average molecular weight is 344 g/mol. The van der Waals surface area contributed by atoms with Crippen molar-refractivity contribution in [2.24, 2.45) is 23.2 Å². The first kappa shape index (κ1) is 16.1. The van der Waals surface area contributed by atoms with E-state index in [1.807, 2.05) is 6.07 Å². The number of hydrogen-bond acceptors (Lipinski definition) is 3. The average Bonchev–Trinajstić information content (AvgIpc) is 2.53. The van der Waals surface area contributed by atoms with E-state index in [2.05, 4.69) is 0 Å². The Hall–Kier alpha value is -1.38. The van der Waals surface area contributed by atoms with Crippen molar-refractivity contribution in [3.05, 3.63) is 29.8 Å². The Balaban J connectivity index is 1.57. The van der Waals surface area contributed by atoms with Crippen LogP contribution in [-0.4, -0.2) is 26.3 Å². The number of rotatable bonds is 4. The summed E-state index contributed by atoms with van der Waals surface area (Å²) >= 11 is 0. The van der Waals surface area contributed by atoms with Gasteiger partial charge < -0.3 is 0 Å². The third-order valence-corrected chi connectivity index (χ3v) is 8.19. The Morgan fingerprint density at radius 1 is 1.17 bits per heavy atom. The first-order chi connectivity index (χ1) is 11.4. The monoisotopic (exact) mass is 344 g/mol. The zero-order valence-electron chi connectivity index (χ0n) is 14.1. The molecular weight excluding hydrogens is 320 g/mol. The summed E-state index contributed by atoms with van der Waals surface area (Å²) < 4.78 is 27.4. The van der Waals surface area contributed by atoms with Gasteiger partial charge in [0.1, 0.15) is 0 Å². The van der Waals surface area contributed by atoms with Gasteiger partial charge >= 0.3 is 0 Å². The van der Waals surface area contributed by atoms with Crippen LogP contribution in [0, 0.1) is 34.5 Å². The summed E-state index contributed by atoms with van der Waals surface area (Å²) in [6, 6.07) is 8.37. The van der Waals surface area contributed by atoms with Crippen molar-refractivity contribution in [1.29, 1.82) is 5.26 Å². The molecule has 128 valence electrons. The fourth-order valence-electron chi connectivity index (χ4n) is 5.95. The van der Waals surface area contributed by atoms with Crippen LogP contribution in [-0.2, 0) is 10.0 Å². The molecule has 5 heteroatoms. The first-order valence-corrected chi connectivity index (χ1v) is 10.3. The van der Waals surface area contributed by atoms with Gasteiger partial charge in [0.15, 0.2) is 0 Å². The third-order valence-electron chi connectivity index (χ3n) is 6.39. The van der Waals surface area contributed by atoms with Crippen LogP contribution in [0.25, 0.3) is 0 Å². The molecule has 4 aliphatic rings. The van der Waals surface area contributed by atoms with E-state index in [9.17, 15) is 8.42 Å². The highest BCUT2D eigenvalue weighted by molar-refractivity contribution is 7.89. The maximum Gasteiger partial charge on any atom is 0.242 e. The van der Waals surface area contributed by atoms with E-state index < -0.39 is 10.0 Å². The van der Waals surface area contributed by atoms with Crippen molar-refractivity contribution < 1.29 is 8.42 Å². The Morgan fingerprint density at radius 2 is 1.75 bits per heavy atom. The van der Waals surface area contributed by atoms with Crippen LogP contribution in [0.4, 0.5) is 0 Å². The topological polar surface area (TPSA) is 61.2 Å². The maximum atomic E-state index is 12.9. The third kappa shape index (κ3) is 2.66. The number of hydrogen-bond donors (Lipinski definition) is 0. The number of benzene rings is 1. The molecule has 1 aromatic carbocycles. The van der Waals surface area contributed by atoms with Gasteiger partial charge in [0.2, 0.25) is 10.0 Å². The second-order valence-electron chi connectivity index (χ2n) is 8.32. The largest absolute Gasteiger partial charge is 0.242 e. The summed E-state index contributed by atoms with van der Waals surface area (Å²) in [6.07, 6.45) is 7.66. The quantitative estimate of drug-likeness (QED) is 0.841. The van der Waals surface area contributed by atoms with Crippen molar-refractivity contribution in [2.75, 3.05) is 13.6 Å². The summed E-state index contributed by atoms with van der Waals surface area (Å²) in [5.74, 6) is 2.44. The zero-order chi connectivity index (χ0) is 16.9. The van der Waals surface area contributed by atoms with Gasteiger partial charge in [-0.3, -0.25) is 0 Å². The molecule has 0 N–H and O–H groups in total. The highest BCUT2D eigenvalue weighted by atomic mass is 32.2. The van der Waals surface area contributed by atoms with Crippen LogP contribution in [0.3, 0.4) is 0 Å². The van der Waals surface area contributed by atoms with Gasteiger partial charge in [0.25, 0.3) is 0 Å². The molecule has 4 nitrogen and oxygen atoms in total. The summed E-state index contributed by atoms with van der Waals surface area (Å²) in [7, 11) is -1.83. The summed E-state index contributed by atoms with van der Waals surface area (Å²) in [4.78, 5) is 0.230. The fourth-order valence-corrected chi connectivity index (χ4v) is 7.28. The zero-order valence-corrected chi connectivity index (χ0v) is 14.9. The summed E-state index contributed by atoms with van der Waals surface area (Å²) in [5.41, 5.74) is 0.572. The van der Waals surface area contributed by atoms with Gasteiger partial charge in [-0.15, -0.1) is 0 Å². The molecule has 4 aliphatic carbocycles. The van der Waals surface area contributed by atoms with Gasteiger partial charge in [0, 0.05) is 13.6 Å². The molecule has 0 spiro atoms. The Kier molecular flexibility index (Phi) is 3.74. The molecule has 0 heterocycles. The molecule has 0 aromatic heterocycles. The van der Waals surface area contributed by atoms with Crippen molar-refractivity contribution in [2.45, 2.75) is 43.4 Å². The predicted octanol–water partition coefficient (Wildman–Crippen LogP) is 3.40. The highest BCUT2D eigenvalue weighted by Crippen LogP contribution is 2.60. The Morgan fingerprint density at radius 3 is 2.29 bits per heavy atom. The van der Waals surface area contributed by atoms with Crippen molar-refractivity contribution in [3.8, 4) is 6.07 Å². The normalized spacial score (nSPS) is 34.5. The van der Waals surface area contributed by atoms with Crippen LogP contribution in [0.5, 0.6) is 0 Å². The molecule has 5 rings (SSSR count). The van der Waals surface area contributed by atoms with Crippen LogP contribution in [0.2, 0.25) is 0 Å². The lowest BCUT2D eigenvalue weighted by atomic mass is 9.49. The minimum atomic E-state index is -3.53. The lowest BCUT2D eigenvalue weighted by molar-refractivity contribution is -0.0583. The SMILES string of the molecule is CN(CC12CC3CC(CC(C3)C1)C2)S(=O)(=O)c1cccc(C#N)c1. The van der Waals surface area contributed by atoms with E-state index >= 15 is 0 Å². The van der Waals surface area contributed by atoms with Gasteiger partial charge in [0.05, 0.1) is 16.5 Å². The van der Waals surface area contributed by atoms with E-state index in [1.54, 1.807) is 25.2 Å². The second-order valence-corrected chi connectivity index (χ2v) is 10.4. The number of nitrogens with zero attached hydrogens (tertiary/aromatic N) is 2. The van der Waals surface area contributed by atoms with Crippen LogP contribution in [0.1, 0.15) is 44.1 Å². The van der Waals surface area contributed by atoms with E-state index in [0.29, 0.717) is 12.1 Å². The molecular formula is C19H24N2O2S. The van der Waals surface area contributed by atoms with Crippen molar-refractivity contribution >= 4 is 10.0 Å². The van der Waals surface area contributed by atoms with E-state index in [1.165, 1.54) is 48.9 Å². The number of nitriles is 1. The summed E-state index contributed by atoms with van der Waals surface area (Å²) in [5, 5.41) is 9.02. The molecule has 4 fully saturated rings. The van der Waals surface area contributed by atoms with Crippen LogP contribution < -0.4 is 0 Å². The molecule has 1 aromatic rings. The summed E-state index contributed by atoms with van der Waals surface area (Å²) in [6.45, 7) is 0.621. The molecule has 0 radical (unpaired) electrons. The van der Waals surface area contributed by atoms with Gasteiger partial charge in [-0.1, -0.05) is 6.07 Å². The molecule has 0 saturated heterocycles. The Bertz CT molecular complexity index is 759. The predicted molar refractivity (Wildman–Crippen MR) is 91.6 cm³/mol. The molecule has 0 amide bonds. The first-order valence-electron chi connectivity index (χ1n) is 8.87. The molecule has 0 aliphatic heterocycles. The number of sulfonamides is 1.